The SMILES string of the molecule is CC(C)OCC1CN(C(=O)c2cc(C#N)ccc2Cl)CCO1. The predicted octanol–water partition coefficient (Wildman–Crippen LogP) is 2.48. The molecule has 0 N–H and O–H groups in total. The molecule has 1 atom stereocenters. The molecule has 0 spiro atoms. The van der Waals surface area contributed by atoms with Crippen LogP contribution in [-0.4, -0.2) is 49.3 Å². The maximum Gasteiger partial charge on any atom is 0.255 e. The van der Waals surface area contributed by atoms with E-state index in [-0.39, 0.29) is 18.1 Å². The number of carbonyl (C=O) groups is 1. The number of hydrogen-bond donors (Lipinski definition) is 0. The van der Waals surface area contributed by atoms with Crippen LogP contribution >= 0.6 is 11.6 Å². The zero-order valence-corrected chi connectivity index (χ0v) is 13.5. The van der Waals surface area contributed by atoms with Gasteiger partial charge in [0.05, 0.1) is 47.6 Å². The van der Waals surface area contributed by atoms with Crippen LogP contribution in [0.15, 0.2) is 18.2 Å². The third-order valence-corrected chi connectivity index (χ3v) is 3.70. The Kier molecular flexibility index (Phi) is 5.78. The van der Waals surface area contributed by atoms with Crippen molar-refractivity contribution in [3.63, 3.8) is 0 Å². The molecular formula is C16H19ClN2O3. The van der Waals surface area contributed by atoms with Gasteiger partial charge >= 0.3 is 0 Å². The van der Waals surface area contributed by atoms with E-state index in [1.807, 2.05) is 19.9 Å². The number of morpholine rings is 1. The van der Waals surface area contributed by atoms with E-state index in [1.54, 1.807) is 17.0 Å². The van der Waals surface area contributed by atoms with Crippen molar-refractivity contribution in [2.75, 3.05) is 26.3 Å². The van der Waals surface area contributed by atoms with Crippen molar-refractivity contribution < 1.29 is 14.3 Å². The molecule has 2 rings (SSSR count). The molecule has 1 aromatic rings. The molecule has 1 amide bonds. The summed E-state index contributed by atoms with van der Waals surface area (Å²) in [4.78, 5) is 14.3. The highest BCUT2D eigenvalue weighted by molar-refractivity contribution is 6.33. The van der Waals surface area contributed by atoms with Crippen molar-refractivity contribution in [1.82, 2.24) is 4.90 Å². The van der Waals surface area contributed by atoms with E-state index in [1.165, 1.54) is 6.07 Å². The topological polar surface area (TPSA) is 62.6 Å². The van der Waals surface area contributed by atoms with E-state index >= 15 is 0 Å². The first-order valence-corrected chi connectivity index (χ1v) is 7.61. The molecule has 1 fully saturated rings. The average Bonchev–Trinajstić information content (AvgIpc) is 2.53. The zero-order valence-electron chi connectivity index (χ0n) is 12.7. The summed E-state index contributed by atoms with van der Waals surface area (Å²) in [6.07, 6.45) is -0.0190. The van der Waals surface area contributed by atoms with Crippen molar-refractivity contribution in [1.29, 1.82) is 5.26 Å². The second-order valence-electron chi connectivity index (χ2n) is 5.43. The molecule has 6 heteroatoms. The van der Waals surface area contributed by atoms with Gasteiger partial charge in [-0.25, -0.2) is 0 Å². The van der Waals surface area contributed by atoms with Crippen molar-refractivity contribution in [3.8, 4) is 6.07 Å². The van der Waals surface area contributed by atoms with Gasteiger partial charge in [0.25, 0.3) is 5.91 Å². The molecule has 1 unspecified atom stereocenters. The fourth-order valence-electron chi connectivity index (χ4n) is 2.23. The predicted molar refractivity (Wildman–Crippen MR) is 82.9 cm³/mol. The number of amides is 1. The van der Waals surface area contributed by atoms with Crippen LogP contribution in [0.5, 0.6) is 0 Å². The van der Waals surface area contributed by atoms with Crippen LogP contribution in [0.4, 0.5) is 0 Å². The van der Waals surface area contributed by atoms with Crippen molar-refractivity contribution >= 4 is 17.5 Å². The number of carbonyl (C=O) groups excluding carboxylic acids is 1. The highest BCUT2D eigenvalue weighted by Crippen LogP contribution is 2.20. The lowest BCUT2D eigenvalue weighted by Crippen LogP contribution is -2.47. The largest absolute Gasteiger partial charge is 0.376 e. The Hall–Kier alpha value is -1.61. The van der Waals surface area contributed by atoms with E-state index in [4.69, 9.17) is 26.3 Å². The molecule has 0 aromatic heterocycles. The Morgan fingerprint density at radius 3 is 3.05 bits per heavy atom. The standard InChI is InChI=1S/C16H19ClN2O3/c1-11(2)22-10-13-9-19(5-6-21-13)16(20)14-7-12(8-18)3-4-15(14)17/h3-4,7,11,13H,5-6,9-10H2,1-2H3. The normalized spacial score (nSPS) is 18.3. The third-order valence-electron chi connectivity index (χ3n) is 3.37. The average molecular weight is 323 g/mol. The summed E-state index contributed by atoms with van der Waals surface area (Å²) < 4.78 is 11.2. The minimum absolute atomic E-state index is 0.122. The molecule has 0 saturated carbocycles. The molecular weight excluding hydrogens is 304 g/mol. The molecule has 1 aromatic carbocycles. The van der Waals surface area contributed by atoms with E-state index in [2.05, 4.69) is 0 Å². The summed E-state index contributed by atoms with van der Waals surface area (Å²) in [6, 6.07) is 6.72. The molecule has 1 aliphatic rings. The van der Waals surface area contributed by atoms with Crippen LogP contribution in [0.25, 0.3) is 0 Å². The minimum Gasteiger partial charge on any atom is -0.376 e. The van der Waals surface area contributed by atoms with Crippen molar-refractivity contribution in [2.45, 2.75) is 26.1 Å². The van der Waals surface area contributed by atoms with Crippen LogP contribution < -0.4 is 0 Å². The van der Waals surface area contributed by atoms with Crippen LogP contribution in [0, 0.1) is 11.3 Å². The number of halogens is 1. The Balaban J connectivity index is 2.07. The van der Waals surface area contributed by atoms with Gasteiger partial charge < -0.3 is 14.4 Å². The highest BCUT2D eigenvalue weighted by Gasteiger charge is 2.26. The summed E-state index contributed by atoms with van der Waals surface area (Å²) in [5.41, 5.74) is 0.770. The van der Waals surface area contributed by atoms with Gasteiger partial charge in [0.2, 0.25) is 0 Å². The van der Waals surface area contributed by atoms with Gasteiger partial charge in [0, 0.05) is 13.1 Å². The Labute approximate surface area is 135 Å². The Morgan fingerprint density at radius 2 is 2.36 bits per heavy atom. The molecule has 22 heavy (non-hydrogen) atoms. The van der Waals surface area contributed by atoms with Gasteiger partial charge in [-0.1, -0.05) is 11.6 Å². The van der Waals surface area contributed by atoms with Gasteiger partial charge in [-0.3, -0.25) is 4.79 Å². The number of ether oxygens (including phenoxy) is 2. The molecule has 5 nitrogen and oxygen atoms in total. The van der Waals surface area contributed by atoms with Gasteiger partial charge in [-0.15, -0.1) is 0 Å². The monoisotopic (exact) mass is 322 g/mol. The maximum atomic E-state index is 12.6. The number of nitrogens with zero attached hydrogens (tertiary/aromatic N) is 2. The summed E-state index contributed by atoms with van der Waals surface area (Å²) in [5.74, 6) is -0.181. The van der Waals surface area contributed by atoms with Crippen LogP contribution in [-0.2, 0) is 9.47 Å². The fraction of sp³-hybridized carbons (Fsp3) is 0.500. The molecule has 1 aliphatic heterocycles. The molecule has 0 radical (unpaired) electrons. The molecule has 0 aliphatic carbocycles. The first kappa shape index (κ1) is 16.8. The summed E-state index contributed by atoms with van der Waals surface area (Å²) in [5, 5.41) is 9.31. The number of hydrogen-bond acceptors (Lipinski definition) is 4. The number of rotatable bonds is 4. The summed E-state index contributed by atoms with van der Waals surface area (Å²) >= 11 is 6.09. The summed E-state index contributed by atoms with van der Waals surface area (Å²) in [7, 11) is 0. The summed E-state index contributed by atoms with van der Waals surface area (Å²) in [6.45, 7) is 5.79. The maximum absolute atomic E-state index is 12.6. The minimum atomic E-state index is -0.181. The van der Waals surface area contributed by atoms with Gasteiger partial charge in [0.1, 0.15) is 0 Å². The van der Waals surface area contributed by atoms with Crippen LogP contribution in [0.1, 0.15) is 29.8 Å². The van der Waals surface area contributed by atoms with Crippen LogP contribution in [0.3, 0.4) is 0 Å². The van der Waals surface area contributed by atoms with E-state index in [0.29, 0.717) is 42.5 Å². The second-order valence-corrected chi connectivity index (χ2v) is 5.84. The Bertz CT molecular complexity index is 583. The number of nitriles is 1. The molecule has 1 saturated heterocycles. The lowest BCUT2D eigenvalue weighted by atomic mass is 10.1. The third kappa shape index (κ3) is 4.20. The van der Waals surface area contributed by atoms with E-state index in [0.717, 1.165) is 0 Å². The Morgan fingerprint density at radius 1 is 1.59 bits per heavy atom. The first-order chi connectivity index (χ1) is 10.5. The highest BCUT2D eigenvalue weighted by atomic mass is 35.5. The fourth-order valence-corrected chi connectivity index (χ4v) is 2.43. The van der Waals surface area contributed by atoms with Crippen molar-refractivity contribution in [2.24, 2.45) is 0 Å². The van der Waals surface area contributed by atoms with Gasteiger partial charge in [0.15, 0.2) is 0 Å². The smallest absolute Gasteiger partial charge is 0.255 e. The zero-order chi connectivity index (χ0) is 16.1. The van der Waals surface area contributed by atoms with Crippen molar-refractivity contribution in [3.05, 3.63) is 34.3 Å². The van der Waals surface area contributed by atoms with Gasteiger partial charge in [-0.2, -0.15) is 5.26 Å². The molecule has 0 bridgehead atoms. The van der Waals surface area contributed by atoms with Gasteiger partial charge in [-0.05, 0) is 32.0 Å². The van der Waals surface area contributed by atoms with E-state index < -0.39 is 0 Å². The quantitative estimate of drug-likeness (QED) is 0.854. The lowest BCUT2D eigenvalue weighted by Gasteiger charge is -2.33. The van der Waals surface area contributed by atoms with E-state index in [9.17, 15) is 4.79 Å². The number of benzene rings is 1. The second kappa shape index (κ2) is 7.59. The molecule has 118 valence electrons. The lowest BCUT2D eigenvalue weighted by molar-refractivity contribution is -0.0725. The van der Waals surface area contributed by atoms with Crippen LogP contribution in [0.2, 0.25) is 5.02 Å². The molecule has 1 heterocycles. The first-order valence-electron chi connectivity index (χ1n) is 7.23.